The number of urea groups is 1. The Morgan fingerprint density at radius 3 is 2.60 bits per heavy atom. The van der Waals surface area contributed by atoms with Crippen LogP contribution in [0, 0.1) is 0 Å². The van der Waals surface area contributed by atoms with Crippen molar-refractivity contribution in [1.29, 1.82) is 0 Å². The van der Waals surface area contributed by atoms with Crippen molar-refractivity contribution < 1.29 is 4.79 Å². The first kappa shape index (κ1) is 15.1. The fraction of sp³-hybridized carbons (Fsp3) is 0.250. The van der Waals surface area contributed by atoms with Gasteiger partial charge >= 0.3 is 6.03 Å². The number of carbonyl (C=O) groups is 1. The predicted octanol–water partition coefficient (Wildman–Crippen LogP) is 4.34. The maximum Gasteiger partial charge on any atom is 0.325 e. The molecule has 1 heterocycles. The van der Waals surface area contributed by atoms with Crippen LogP contribution in [0.25, 0.3) is 0 Å². The summed E-state index contributed by atoms with van der Waals surface area (Å²) in [5.74, 6) is 0. The number of rotatable bonds is 4. The molecule has 2 aromatic rings. The average Bonchev–Trinajstić information content (AvgIpc) is 2.78. The lowest BCUT2D eigenvalue weighted by Gasteiger charge is -2.04. The quantitative estimate of drug-likeness (QED) is 0.647. The Kier molecular flexibility index (Phi) is 5.22. The number of carbonyl (C=O) groups excluding carboxylic acids is 1. The molecule has 0 aliphatic rings. The molecular formula is C12H13ClN4OS2. The number of nitrogens with one attached hydrogen (secondary N) is 2. The maximum absolute atomic E-state index is 11.8. The van der Waals surface area contributed by atoms with E-state index in [0.29, 0.717) is 21.1 Å². The number of amides is 2. The molecular weight excluding hydrogens is 316 g/mol. The van der Waals surface area contributed by atoms with Crippen LogP contribution in [0.5, 0.6) is 0 Å². The number of thioether (sulfide) groups is 1. The first-order valence-corrected chi connectivity index (χ1v) is 7.94. The van der Waals surface area contributed by atoms with Gasteiger partial charge < -0.3 is 5.32 Å². The fourth-order valence-electron chi connectivity index (χ4n) is 1.30. The minimum Gasteiger partial charge on any atom is -0.308 e. The Hall–Kier alpha value is -1.31. The molecule has 0 bridgehead atoms. The van der Waals surface area contributed by atoms with Crippen LogP contribution in [0.15, 0.2) is 28.6 Å². The van der Waals surface area contributed by atoms with E-state index in [0.717, 1.165) is 4.34 Å². The first-order chi connectivity index (χ1) is 9.52. The Bertz CT molecular complexity index is 585. The second kappa shape index (κ2) is 6.92. The molecule has 1 aromatic heterocycles. The van der Waals surface area contributed by atoms with Crippen LogP contribution in [0.1, 0.15) is 13.8 Å². The zero-order chi connectivity index (χ0) is 14.5. The molecule has 5 nitrogen and oxygen atoms in total. The van der Waals surface area contributed by atoms with Gasteiger partial charge in [-0.3, -0.25) is 5.32 Å². The molecule has 0 radical (unpaired) electrons. The van der Waals surface area contributed by atoms with Gasteiger partial charge in [-0.1, -0.05) is 48.5 Å². The van der Waals surface area contributed by atoms with E-state index >= 15 is 0 Å². The van der Waals surface area contributed by atoms with Gasteiger partial charge in [0, 0.05) is 16.0 Å². The molecule has 106 valence electrons. The fourth-order valence-corrected chi connectivity index (χ4v) is 3.40. The number of anilines is 2. The molecule has 2 amide bonds. The number of benzene rings is 1. The third kappa shape index (κ3) is 4.66. The molecule has 0 aliphatic heterocycles. The molecule has 2 rings (SSSR count). The maximum atomic E-state index is 11.8. The van der Waals surface area contributed by atoms with Crippen LogP contribution >= 0.6 is 34.7 Å². The van der Waals surface area contributed by atoms with Gasteiger partial charge in [-0.15, -0.1) is 10.2 Å². The van der Waals surface area contributed by atoms with E-state index in [4.69, 9.17) is 11.6 Å². The number of halogens is 1. The molecule has 0 spiro atoms. The van der Waals surface area contributed by atoms with Gasteiger partial charge in [-0.2, -0.15) is 0 Å². The Morgan fingerprint density at radius 2 is 1.95 bits per heavy atom. The molecule has 0 saturated heterocycles. The molecule has 0 aliphatic carbocycles. The number of nitrogens with zero attached hydrogens (tertiary/aromatic N) is 2. The zero-order valence-electron chi connectivity index (χ0n) is 10.9. The summed E-state index contributed by atoms with van der Waals surface area (Å²) in [6.07, 6.45) is 0. The molecule has 0 atom stereocenters. The molecule has 0 fully saturated rings. The minimum atomic E-state index is -0.357. The van der Waals surface area contributed by atoms with Gasteiger partial charge in [-0.05, 0) is 24.3 Å². The summed E-state index contributed by atoms with van der Waals surface area (Å²) in [6, 6.07) is 6.51. The van der Waals surface area contributed by atoms with Gasteiger partial charge in [0.1, 0.15) is 0 Å². The van der Waals surface area contributed by atoms with Crippen molar-refractivity contribution in [2.75, 3.05) is 10.6 Å². The number of hydrogen-bond acceptors (Lipinski definition) is 5. The van der Waals surface area contributed by atoms with Crippen LogP contribution < -0.4 is 10.6 Å². The lowest BCUT2D eigenvalue weighted by molar-refractivity contribution is 0.262. The molecule has 2 N–H and O–H groups in total. The first-order valence-electron chi connectivity index (χ1n) is 5.86. The van der Waals surface area contributed by atoms with E-state index in [1.165, 1.54) is 11.3 Å². The summed E-state index contributed by atoms with van der Waals surface area (Å²) >= 11 is 8.74. The lowest BCUT2D eigenvalue weighted by atomic mass is 10.3. The normalized spacial score (nSPS) is 10.6. The number of aromatic nitrogens is 2. The Morgan fingerprint density at radius 1 is 1.25 bits per heavy atom. The second-order valence-electron chi connectivity index (χ2n) is 4.13. The summed E-state index contributed by atoms with van der Waals surface area (Å²) in [6.45, 7) is 4.15. The van der Waals surface area contributed by atoms with Crippen LogP contribution in [0.4, 0.5) is 15.6 Å². The number of hydrogen-bond donors (Lipinski definition) is 2. The summed E-state index contributed by atoms with van der Waals surface area (Å²) in [7, 11) is 0. The van der Waals surface area contributed by atoms with Crippen LogP contribution in [-0.2, 0) is 0 Å². The standard InChI is InChI=1S/C12H13ClN4OS2/c1-7(2)19-12-17-16-11(20-12)15-10(18)14-9-5-3-8(13)4-6-9/h3-7H,1-2H3,(H2,14,15,16,18). The van der Waals surface area contributed by atoms with Gasteiger partial charge in [0.25, 0.3) is 0 Å². The monoisotopic (exact) mass is 328 g/mol. The summed E-state index contributed by atoms with van der Waals surface area (Å²) in [5, 5.41) is 14.8. The van der Waals surface area contributed by atoms with E-state index in [-0.39, 0.29) is 6.03 Å². The summed E-state index contributed by atoms with van der Waals surface area (Å²) in [4.78, 5) is 11.8. The van der Waals surface area contributed by atoms with E-state index in [1.54, 1.807) is 36.0 Å². The highest BCUT2D eigenvalue weighted by Gasteiger charge is 2.09. The van der Waals surface area contributed by atoms with Gasteiger partial charge in [0.2, 0.25) is 5.13 Å². The third-order valence-corrected chi connectivity index (χ3v) is 4.24. The summed E-state index contributed by atoms with van der Waals surface area (Å²) < 4.78 is 0.835. The third-order valence-electron chi connectivity index (χ3n) is 2.07. The predicted molar refractivity (Wildman–Crippen MR) is 85.0 cm³/mol. The molecule has 20 heavy (non-hydrogen) atoms. The van der Waals surface area contributed by atoms with Crippen molar-refractivity contribution in [1.82, 2.24) is 10.2 Å². The smallest absolute Gasteiger partial charge is 0.308 e. The van der Waals surface area contributed by atoms with Crippen molar-refractivity contribution in [2.24, 2.45) is 0 Å². The average molecular weight is 329 g/mol. The summed E-state index contributed by atoms with van der Waals surface area (Å²) in [5.41, 5.74) is 0.660. The lowest BCUT2D eigenvalue weighted by Crippen LogP contribution is -2.19. The van der Waals surface area contributed by atoms with Gasteiger partial charge in [-0.25, -0.2) is 4.79 Å². The SMILES string of the molecule is CC(C)Sc1nnc(NC(=O)Nc2ccc(Cl)cc2)s1. The van der Waals surface area contributed by atoms with Crippen molar-refractivity contribution in [3.63, 3.8) is 0 Å². The molecule has 0 unspecified atom stereocenters. The highest BCUT2D eigenvalue weighted by atomic mass is 35.5. The van der Waals surface area contributed by atoms with Crippen molar-refractivity contribution >= 4 is 51.5 Å². The van der Waals surface area contributed by atoms with E-state index in [1.807, 2.05) is 0 Å². The topological polar surface area (TPSA) is 66.9 Å². The largest absolute Gasteiger partial charge is 0.325 e. The Balaban J connectivity index is 1.91. The zero-order valence-corrected chi connectivity index (χ0v) is 13.3. The van der Waals surface area contributed by atoms with Crippen molar-refractivity contribution in [3.05, 3.63) is 29.3 Å². The van der Waals surface area contributed by atoms with Crippen LogP contribution in [0.3, 0.4) is 0 Å². The van der Waals surface area contributed by atoms with Crippen molar-refractivity contribution in [3.8, 4) is 0 Å². The highest BCUT2D eigenvalue weighted by molar-refractivity contribution is 8.01. The van der Waals surface area contributed by atoms with Crippen LogP contribution in [0.2, 0.25) is 5.02 Å². The second-order valence-corrected chi connectivity index (χ2v) is 7.36. The van der Waals surface area contributed by atoms with Gasteiger partial charge in [0.15, 0.2) is 4.34 Å². The Labute approximate surface area is 130 Å². The van der Waals surface area contributed by atoms with E-state index < -0.39 is 0 Å². The van der Waals surface area contributed by atoms with E-state index in [9.17, 15) is 4.79 Å². The van der Waals surface area contributed by atoms with Gasteiger partial charge in [0.05, 0.1) is 0 Å². The highest BCUT2D eigenvalue weighted by Crippen LogP contribution is 2.28. The molecule has 8 heteroatoms. The van der Waals surface area contributed by atoms with Crippen molar-refractivity contribution in [2.45, 2.75) is 23.4 Å². The molecule has 1 aromatic carbocycles. The minimum absolute atomic E-state index is 0.357. The van der Waals surface area contributed by atoms with Crippen LogP contribution in [-0.4, -0.2) is 21.5 Å². The van der Waals surface area contributed by atoms with E-state index in [2.05, 4.69) is 34.7 Å². The molecule has 0 saturated carbocycles.